The molecule has 0 aromatic heterocycles. The van der Waals surface area contributed by atoms with E-state index >= 15 is 0 Å². The molecule has 16 heavy (non-hydrogen) atoms. The molecule has 1 fully saturated rings. The third kappa shape index (κ3) is 6.33. The third-order valence-electron chi connectivity index (χ3n) is 2.98. The van der Waals surface area contributed by atoms with Crippen molar-refractivity contribution in [2.24, 2.45) is 5.92 Å². The predicted octanol–water partition coefficient (Wildman–Crippen LogP) is 2.31. The fourth-order valence-electron chi connectivity index (χ4n) is 2.14. The lowest BCUT2D eigenvalue weighted by Gasteiger charge is -2.28. The van der Waals surface area contributed by atoms with Gasteiger partial charge in [0.25, 0.3) is 0 Å². The van der Waals surface area contributed by atoms with Gasteiger partial charge in [0.2, 0.25) is 0 Å². The van der Waals surface area contributed by atoms with Crippen molar-refractivity contribution in [3.63, 3.8) is 0 Å². The fraction of sp³-hybridized carbons (Fsp3) is 1.00. The molecule has 0 aliphatic carbocycles. The lowest BCUT2D eigenvalue weighted by molar-refractivity contribution is -0.135. The molecule has 1 aliphatic rings. The molecule has 0 aromatic carbocycles. The van der Waals surface area contributed by atoms with Crippen LogP contribution in [-0.2, 0) is 0 Å². The van der Waals surface area contributed by atoms with Gasteiger partial charge in [0.1, 0.15) is 0 Å². The monoisotopic (exact) mass is 238 g/mol. The van der Waals surface area contributed by atoms with Gasteiger partial charge < -0.3 is 10.6 Å². The Balaban J connectivity index is 1.98. The standard InChI is InChI=1S/C11H21F3N2/c1-9-7-10(3-6-16-9)8-15-5-2-4-11(12,13)14/h9-10,15-16H,2-8H2,1H3. The summed E-state index contributed by atoms with van der Waals surface area (Å²) in [4.78, 5) is 0. The van der Waals surface area contributed by atoms with Gasteiger partial charge in [-0.15, -0.1) is 0 Å². The Morgan fingerprint density at radius 1 is 1.38 bits per heavy atom. The number of rotatable bonds is 5. The van der Waals surface area contributed by atoms with Crippen molar-refractivity contribution in [2.45, 2.75) is 44.8 Å². The van der Waals surface area contributed by atoms with Crippen LogP contribution in [0.3, 0.4) is 0 Å². The number of halogens is 3. The van der Waals surface area contributed by atoms with E-state index in [9.17, 15) is 13.2 Å². The molecule has 0 saturated carbocycles. The molecule has 1 saturated heterocycles. The molecule has 2 unspecified atom stereocenters. The average molecular weight is 238 g/mol. The maximum absolute atomic E-state index is 11.9. The SMILES string of the molecule is CC1CC(CNCCCC(F)(F)F)CCN1. The predicted molar refractivity (Wildman–Crippen MR) is 58.3 cm³/mol. The normalized spacial score (nSPS) is 27.0. The summed E-state index contributed by atoms with van der Waals surface area (Å²) in [6.45, 7) is 4.49. The molecule has 0 aromatic rings. The van der Waals surface area contributed by atoms with Gasteiger partial charge in [-0.1, -0.05) is 0 Å². The van der Waals surface area contributed by atoms with Crippen molar-refractivity contribution in [1.29, 1.82) is 0 Å². The molecule has 96 valence electrons. The maximum atomic E-state index is 11.9. The average Bonchev–Trinajstić information content (AvgIpc) is 2.15. The largest absolute Gasteiger partial charge is 0.389 e. The Morgan fingerprint density at radius 3 is 2.75 bits per heavy atom. The lowest BCUT2D eigenvalue weighted by Crippen LogP contribution is -2.39. The molecule has 0 bridgehead atoms. The van der Waals surface area contributed by atoms with Crippen LogP contribution in [0.4, 0.5) is 13.2 Å². The van der Waals surface area contributed by atoms with E-state index in [0.717, 1.165) is 25.9 Å². The highest BCUT2D eigenvalue weighted by Crippen LogP contribution is 2.20. The van der Waals surface area contributed by atoms with E-state index in [-0.39, 0.29) is 6.42 Å². The summed E-state index contributed by atoms with van der Waals surface area (Å²) in [5.41, 5.74) is 0. The van der Waals surface area contributed by atoms with Gasteiger partial charge >= 0.3 is 6.18 Å². The molecule has 5 heteroatoms. The second-order valence-electron chi connectivity index (χ2n) is 4.67. The molecule has 0 spiro atoms. The fourth-order valence-corrected chi connectivity index (χ4v) is 2.14. The quantitative estimate of drug-likeness (QED) is 0.718. The molecule has 1 rings (SSSR count). The molecule has 1 heterocycles. The minimum absolute atomic E-state index is 0.185. The van der Waals surface area contributed by atoms with E-state index < -0.39 is 12.6 Å². The zero-order chi connectivity index (χ0) is 12.0. The van der Waals surface area contributed by atoms with Crippen molar-refractivity contribution in [1.82, 2.24) is 10.6 Å². The van der Waals surface area contributed by atoms with Gasteiger partial charge in [0.05, 0.1) is 0 Å². The Morgan fingerprint density at radius 2 is 2.12 bits per heavy atom. The van der Waals surface area contributed by atoms with E-state index in [1.54, 1.807) is 0 Å². The van der Waals surface area contributed by atoms with E-state index in [1.807, 2.05) is 0 Å². The van der Waals surface area contributed by atoms with Crippen molar-refractivity contribution >= 4 is 0 Å². The Labute approximate surface area is 95.0 Å². The smallest absolute Gasteiger partial charge is 0.316 e. The number of alkyl halides is 3. The highest BCUT2D eigenvalue weighted by molar-refractivity contribution is 4.76. The third-order valence-corrected chi connectivity index (χ3v) is 2.98. The number of hydrogen-bond acceptors (Lipinski definition) is 2. The minimum Gasteiger partial charge on any atom is -0.316 e. The topological polar surface area (TPSA) is 24.1 Å². The van der Waals surface area contributed by atoms with Crippen LogP contribution in [0.25, 0.3) is 0 Å². The first-order valence-corrected chi connectivity index (χ1v) is 5.98. The van der Waals surface area contributed by atoms with Gasteiger partial charge in [0, 0.05) is 12.5 Å². The van der Waals surface area contributed by atoms with Crippen LogP contribution < -0.4 is 10.6 Å². The zero-order valence-corrected chi connectivity index (χ0v) is 9.74. The highest BCUT2D eigenvalue weighted by atomic mass is 19.4. The summed E-state index contributed by atoms with van der Waals surface area (Å²) in [5.74, 6) is 0.613. The molecule has 2 nitrogen and oxygen atoms in total. The summed E-state index contributed by atoms with van der Waals surface area (Å²) in [6, 6.07) is 0.538. The van der Waals surface area contributed by atoms with Gasteiger partial charge in [0.15, 0.2) is 0 Å². The second-order valence-corrected chi connectivity index (χ2v) is 4.67. The van der Waals surface area contributed by atoms with Crippen LogP contribution >= 0.6 is 0 Å². The highest BCUT2D eigenvalue weighted by Gasteiger charge is 2.25. The van der Waals surface area contributed by atoms with E-state index in [0.29, 0.717) is 18.5 Å². The van der Waals surface area contributed by atoms with Crippen LogP contribution in [0.1, 0.15) is 32.6 Å². The zero-order valence-electron chi connectivity index (χ0n) is 9.74. The molecule has 2 N–H and O–H groups in total. The molecular formula is C11H21F3N2. The van der Waals surface area contributed by atoms with E-state index in [4.69, 9.17) is 0 Å². The van der Waals surface area contributed by atoms with Crippen molar-refractivity contribution in [2.75, 3.05) is 19.6 Å². The Hall–Kier alpha value is -0.290. The first-order chi connectivity index (χ1) is 7.47. The molecule has 0 amide bonds. The second kappa shape index (κ2) is 6.45. The summed E-state index contributed by atoms with van der Waals surface area (Å²) in [6.07, 6.45) is -2.26. The van der Waals surface area contributed by atoms with Gasteiger partial charge in [-0.25, -0.2) is 0 Å². The van der Waals surface area contributed by atoms with Crippen LogP contribution in [0.5, 0.6) is 0 Å². The number of nitrogens with one attached hydrogen (secondary N) is 2. The molecule has 1 aliphatic heterocycles. The minimum atomic E-state index is -4.01. The molecular weight excluding hydrogens is 217 g/mol. The van der Waals surface area contributed by atoms with Crippen LogP contribution in [0.2, 0.25) is 0 Å². The van der Waals surface area contributed by atoms with Crippen molar-refractivity contribution in [3.05, 3.63) is 0 Å². The van der Waals surface area contributed by atoms with Crippen LogP contribution in [0.15, 0.2) is 0 Å². The lowest BCUT2D eigenvalue weighted by atomic mass is 9.93. The number of piperidine rings is 1. The Kier molecular flexibility index (Phi) is 5.55. The molecule has 0 radical (unpaired) electrons. The van der Waals surface area contributed by atoms with Crippen molar-refractivity contribution in [3.8, 4) is 0 Å². The first kappa shape index (κ1) is 13.8. The van der Waals surface area contributed by atoms with E-state index in [1.165, 1.54) is 0 Å². The van der Waals surface area contributed by atoms with Gasteiger partial charge in [-0.2, -0.15) is 13.2 Å². The van der Waals surface area contributed by atoms with Gasteiger partial charge in [-0.3, -0.25) is 0 Å². The van der Waals surface area contributed by atoms with Crippen LogP contribution in [0, 0.1) is 5.92 Å². The summed E-state index contributed by atoms with van der Waals surface area (Å²) >= 11 is 0. The van der Waals surface area contributed by atoms with Crippen LogP contribution in [-0.4, -0.2) is 31.9 Å². The first-order valence-electron chi connectivity index (χ1n) is 5.98. The maximum Gasteiger partial charge on any atom is 0.389 e. The summed E-state index contributed by atoms with van der Waals surface area (Å²) in [5, 5.41) is 6.48. The van der Waals surface area contributed by atoms with Gasteiger partial charge in [-0.05, 0) is 51.7 Å². The summed E-state index contributed by atoms with van der Waals surface area (Å²) in [7, 11) is 0. The van der Waals surface area contributed by atoms with Crippen molar-refractivity contribution < 1.29 is 13.2 Å². The molecule has 2 atom stereocenters. The Bertz CT molecular complexity index is 194. The summed E-state index contributed by atoms with van der Waals surface area (Å²) < 4.78 is 35.6. The number of hydrogen-bond donors (Lipinski definition) is 2. The van der Waals surface area contributed by atoms with E-state index in [2.05, 4.69) is 17.6 Å².